The summed E-state index contributed by atoms with van der Waals surface area (Å²) in [6, 6.07) is 9.24. The van der Waals surface area contributed by atoms with E-state index in [1.54, 1.807) is 0 Å². The summed E-state index contributed by atoms with van der Waals surface area (Å²) in [6.07, 6.45) is 6.87. The zero-order chi connectivity index (χ0) is 14.7. The minimum Gasteiger partial charge on any atom is -0.493 e. The minimum absolute atomic E-state index is 0.538. The normalized spacial score (nSPS) is 28.8. The lowest BCUT2D eigenvalue weighted by atomic mass is 9.89. The standard InChI is InChI=1S/C19H29NO/c1-3-20-14(2)10-15-5-8-19(9-6-15)21-13-18-12-16-4-7-17(18)11-16/h5-6,8-9,14,16-18,20H,3-4,7,10-13H2,1-2H3. The molecule has 2 aliphatic carbocycles. The summed E-state index contributed by atoms with van der Waals surface area (Å²) in [7, 11) is 0. The van der Waals surface area contributed by atoms with Crippen LogP contribution in [0.1, 0.15) is 45.1 Å². The van der Waals surface area contributed by atoms with Gasteiger partial charge in [0, 0.05) is 6.04 Å². The molecule has 0 radical (unpaired) electrons. The fourth-order valence-corrected chi connectivity index (χ4v) is 4.28. The van der Waals surface area contributed by atoms with Crippen molar-refractivity contribution in [1.29, 1.82) is 0 Å². The summed E-state index contributed by atoms with van der Waals surface area (Å²) >= 11 is 0. The fourth-order valence-electron chi connectivity index (χ4n) is 4.28. The average molecular weight is 287 g/mol. The van der Waals surface area contributed by atoms with Crippen LogP contribution in [-0.4, -0.2) is 19.2 Å². The number of benzene rings is 1. The van der Waals surface area contributed by atoms with Gasteiger partial charge in [-0.15, -0.1) is 0 Å². The van der Waals surface area contributed by atoms with E-state index in [0.29, 0.717) is 6.04 Å². The smallest absolute Gasteiger partial charge is 0.119 e. The molecule has 1 aromatic carbocycles. The van der Waals surface area contributed by atoms with E-state index in [2.05, 4.69) is 43.4 Å². The van der Waals surface area contributed by atoms with Crippen molar-refractivity contribution in [3.8, 4) is 5.75 Å². The van der Waals surface area contributed by atoms with Crippen molar-refractivity contribution in [3.05, 3.63) is 29.8 Å². The van der Waals surface area contributed by atoms with Gasteiger partial charge in [0.25, 0.3) is 0 Å². The molecule has 2 fully saturated rings. The highest BCUT2D eigenvalue weighted by Gasteiger charge is 2.39. The monoisotopic (exact) mass is 287 g/mol. The molecule has 2 heteroatoms. The first kappa shape index (κ1) is 14.9. The molecule has 2 bridgehead atoms. The van der Waals surface area contributed by atoms with Crippen molar-refractivity contribution in [2.45, 2.75) is 52.0 Å². The van der Waals surface area contributed by atoms with Crippen molar-refractivity contribution in [2.75, 3.05) is 13.2 Å². The molecule has 0 saturated heterocycles. The Bertz CT molecular complexity index is 441. The Balaban J connectivity index is 1.46. The first-order valence-electron chi connectivity index (χ1n) is 8.69. The molecular weight excluding hydrogens is 258 g/mol. The third-order valence-electron chi connectivity index (χ3n) is 5.37. The average Bonchev–Trinajstić information content (AvgIpc) is 3.09. The van der Waals surface area contributed by atoms with Gasteiger partial charge in [0.05, 0.1) is 6.61 Å². The number of rotatable bonds is 7. The van der Waals surface area contributed by atoms with Crippen molar-refractivity contribution in [3.63, 3.8) is 0 Å². The summed E-state index contributed by atoms with van der Waals surface area (Å²) in [5, 5.41) is 3.45. The molecule has 2 nitrogen and oxygen atoms in total. The molecule has 4 unspecified atom stereocenters. The molecule has 0 aromatic heterocycles. The van der Waals surface area contributed by atoms with E-state index < -0.39 is 0 Å². The number of fused-ring (bicyclic) bond motifs is 2. The van der Waals surface area contributed by atoms with Crippen molar-refractivity contribution >= 4 is 0 Å². The summed E-state index contributed by atoms with van der Waals surface area (Å²) < 4.78 is 6.03. The lowest BCUT2D eigenvalue weighted by Gasteiger charge is -2.21. The fraction of sp³-hybridized carbons (Fsp3) is 0.684. The van der Waals surface area contributed by atoms with E-state index in [-0.39, 0.29) is 0 Å². The maximum Gasteiger partial charge on any atom is 0.119 e. The molecular formula is C19H29NO. The van der Waals surface area contributed by atoms with Gasteiger partial charge in [-0.05, 0) is 74.6 Å². The Kier molecular flexibility index (Phi) is 4.84. The second kappa shape index (κ2) is 6.83. The molecule has 0 heterocycles. The Hall–Kier alpha value is -1.02. The van der Waals surface area contributed by atoms with Crippen LogP contribution in [0.2, 0.25) is 0 Å². The zero-order valence-electron chi connectivity index (χ0n) is 13.5. The van der Waals surface area contributed by atoms with Crippen LogP contribution in [0.25, 0.3) is 0 Å². The lowest BCUT2D eigenvalue weighted by molar-refractivity contribution is 0.195. The molecule has 0 aliphatic heterocycles. The number of hydrogen-bond acceptors (Lipinski definition) is 2. The summed E-state index contributed by atoms with van der Waals surface area (Å²) in [5.41, 5.74) is 1.38. The van der Waals surface area contributed by atoms with Gasteiger partial charge in [0.1, 0.15) is 5.75 Å². The molecule has 2 aliphatic rings. The summed E-state index contributed by atoms with van der Waals surface area (Å²) in [5.74, 6) is 3.82. The predicted octanol–water partition coefficient (Wildman–Crippen LogP) is 4.04. The van der Waals surface area contributed by atoms with E-state index in [1.807, 2.05) is 0 Å². The molecule has 0 spiro atoms. The van der Waals surface area contributed by atoms with Crippen molar-refractivity contribution < 1.29 is 4.74 Å². The first-order chi connectivity index (χ1) is 10.2. The van der Waals surface area contributed by atoms with Crippen LogP contribution in [0.4, 0.5) is 0 Å². The van der Waals surface area contributed by atoms with Gasteiger partial charge in [0.2, 0.25) is 0 Å². The van der Waals surface area contributed by atoms with Crippen molar-refractivity contribution in [1.82, 2.24) is 5.32 Å². The Morgan fingerprint density at radius 3 is 2.62 bits per heavy atom. The second-order valence-corrected chi connectivity index (χ2v) is 7.05. The zero-order valence-corrected chi connectivity index (χ0v) is 13.5. The number of hydrogen-bond donors (Lipinski definition) is 1. The molecule has 2 saturated carbocycles. The van der Waals surface area contributed by atoms with Gasteiger partial charge in [-0.2, -0.15) is 0 Å². The molecule has 1 N–H and O–H groups in total. The predicted molar refractivity (Wildman–Crippen MR) is 87.7 cm³/mol. The van der Waals surface area contributed by atoms with Gasteiger partial charge in [-0.1, -0.05) is 25.5 Å². The van der Waals surface area contributed by atoms with Crippen LogP contribution in [0, 0.1) is 17.8 Å². The van der Waals surface area contributed by atoms with E-state index in [1.165, 1.54) is 31.2 Å². The lowest BCUT2D eigenvalue weighted by Crippen LogP contribution is -2.27. The van der Waals surface area contributed by atoms with Crippen LogP contribution in [-0.2, 0) is 6.42 Å². The molecule has 116 valence electrons. The van der Waals surface area contributed by atoms with Gasteiger partial charge in [0.15, 0.2) is 0 Å². The first-order valence-corrected chi connectivity index (χ1v) is 8.69. The molecule has 4 atom stereocenters. The van der Waals surface area contributed by atoms with Gasteiger partial charge >= 0.3 is 0 Å². The van der Waals surface area contributed by atoms with Gasteiger partial charge in [-0.3, -0.25) is 0 Å². The Labute approximate surface area is 129 Å². The maximum atomic E-state index is 6.03. The highest BCUT2D eigenvalue weighted by atomic mass is 16.5. The largest absolute Gasteiger partial charge is 0.493 e. The van der Waals surface area contributed by atoms with Crippen LogP contribution in [0.15, 0.2) is 24.3 Å². The van der Waals surface area contributed by atoms with E-state index in [9.17, 15) is 0 Å². The topological polar surface area (TPSA) is 21.3 Å². The van der Waals surface area contributed by atoms with Gasteiger partial charge in [-0.25, -0.2) is 0 Å². The number of ether oxygens (including phenoxy) is 1. The SMILES string of the molecule is CCNC(C)Cc1ccc(OCC2CC3CCC2C3)cc1. The minimum atomic E-state index is 0.538. The summed E-state index contributed by atoms with van der Waals surface area (Å²) in [6.45, 7) is 6.35. The van der Waals surface area contributed by atoms with E-state index >= 15 is 0 Å². The number of nitrogens with one attached hydrogen (secondary N) is 1. The quantitative estimate of drug-likeness (QED) is 0.817. The Morgan fingerprint density at radius 2 is 2.00 bits per heavy atom. The third kappa shape index (κ3) is 3.79. The highest BCUT2D eigenvalue weighted by molar-refractivity contribution is 5.27. The van der Waals surface area contributed by atoms with Gasteiger partial charge < -0.3 is 10.1 Å². The highest BCUT2D eigenvalue weighted by Crippen LogP contribution is 2.48. The van der Waals surface area contributed by atoms with Crippen molar-refractivity contribution in [2.24, 2.45) is 17.8 Å². The molecule has 3 rings (SSSR count). The van der Waals surface area contributed by atoms with Crippen LogP contribution in [0.3, 0.4) is 0 Å². The second-order valence-electron chi connectivity index (χ2n) is 7.05. The molecule has 21 heavy (non-hydrogen) atoms. The number of likely N-dealkylation sites (N-methyl/N-ethyl adjacent to an activating group) is 1. The van der Waals surface area contributed by atoms with Crippen LogP contribution < -0.4 is 10.1 Å². The van der Waals surface area contributed by atoms with E-state index in [4.69, 9.17) is 4.74 Å². The Morgan fingerprint density at radius 1 is 1.19 bits per heavy atom. The van der Waals surface area contributed by atoms with Crippen LogP contribution in [0.5, 0.6) is 5.75 Å². The third-order valence-corrected chi connectivity index (χ3v) is 5.37. The summed E-state index contributed by atoms with van der Waals surface area (Å²) in [4.78, 5) is 0. The van der Waals surface area contributed by atoms with E-state index in [0.717, 1.165) is 43.1 Å². The molecule has 0 amide bonds. The van der Waals surface area contributed by atoms with Crippen LogP contribution >= 0.6 is 0 Å². The molecule has 1 aromatic rings. The maximum absolute atomic E-state index is 6.03.